The van der Waals surface area contributed by atoms with E-state index in [-0.39, 0.29) is 18.4 Å². The molecule has 1 amide bonds. The SMILES string of the molecule is Cc1cc(N2C[C@@H](COS(C)(=O)=O)CC2=O)ccc1C(C)C. The van der Waals surface area contributed by atoms with Gasteiger partial charge in [-0.2, -0.15) is 8.42 Å². The molecule has 0 aromatic heterocycles. The van der Waals surface area contributed by atoms with Gasteiger partial charge in [-0.3, -0.25) is 8.98 Å². The van der Waals surface area contributed by atoms with Crippen LogP contribution in [0.1, 0.15) is 37.3 Å². The summed E-state index contributed by atoms with van der Waals surface area (Å²) in [6.45, 7) is 6.88. The molecule has 0 N–H and O–H groups in total. The Morgan fingerprint density at radius 1 is 1.36 bits per heavy atom. The minimum Gasteiger partial charge on any atom is -0.312 e. The fourth-order valence-electron chi connectivity index (χ4n) is 2.84. The van der Waals surface area contributed by atoms with Crippen molar-refractivity contribution in [3.8, 4) is 0 Å². The highest BCUT2D eigenvalue weighted by atomic mass is 32.2. The van der Waals surface area contributed by atoms with Gasteiger partial charge in [0.25, 0.3) is 10.1 Å². The van der Waals surface area contributed by atoms with E-state index < -0.39 is 10.1 Å². The average molecular weight is 325 g/mol. The number of hydrogen-bond acceptors (Lipinski definition) is 4. The Labute approximate surface area is 132 Å². The number of carbonyl (C=O) groups is 1. The molecule has 0 bridgehead atoms. The number of carbonyl (C=O) groups excluding carboxylic acids is 1. The normalized spacial score (nSPS) is 19.2. The molecule has 1 atom stereocenters. The molecule has 122 valence electrons. The molecule has 0 saturated carbocycles. The van der Waals surface area contributed by atoms with Crippen molar-refractivity contribution in [2.75, 3.05) is 24.3 Å². The van der Waals surface area contributed by atoms with E-state index in [0.29, 0.717) is 18.9 Å². The topological polar surface area (TPSA) is 63.7 Å². The van der Waals surface area contributed by atoms with E-state index in [2.05, 4.69) is 19.9 Å². The maximum Gasteiger partial charge on any atom is 0.264 e. The molecule has 1 aromatic rings. The minimum absolute atomic E-state index is 0.0128. The van der Waals surface area contributed by atoms with Gasteiger partial charge in [-0.15, -0.1) is 0 Å². The average Bonchev–Trinajstić information content (AvgIpc) is 2.76. The third-order valence-corrected chi connectivity index (χ3v) is 4.47. The summed E-state index contributed by atoms with van der Waals surface area (Å²) in [5.74, 6) is 0.366. The molecule has 1 aliphatic rings. The van der Waals surface area contributed by atoms with Crippen LogP contribution in [0.2, 0.25) is 0 Å². The maximum atomic E-state index is 12.2. The summed E-state index contributed by atoms with van der Waals surface area (Å²) < 4.78 is 26.9. The first kappa shape index (κ1) is 17.0. The highest BCUT2D eigenvalue weighted by Gasteiger charge is 2.31. The zero-order chi connectivity index (χ0) is 16.5. The number of aryl methyl sites for hydroxylation is 1. The van der Waals surface area contributed by atoms with Crippen molar-refractivity contribution in [3.63, 3.8) is 0 Å². The lowest BCUT2D eigenvalue weighted by Gasteiger charge is -2.19. The first-order valence-electron chi connectivity index (χ1n) is 7.42. The van der Waals surface area contributed by atoms with Crippen LogP contribution in [-0.2, 0) is 19.1 Å². The van der Waals surface area contributed by atoms with Crippen LogP contribution in [0.25, 0.3) is 0 Å². The number of rotatable bonds is 5. The van der Waals surface area contributed by atoms with Gasteiger partial charge in [-0.05, 0) is 36.1 Å². The van der Waals surface area contributed by atoms with Crippen molar-refractivity contribution < 1.29 is 17.4 Å². The molecule has 22 heavy (non-hydrogen) atoms. The summed E-state index contributed by atoms with van der Waals surface area (Å²) in [5, 5.41) is 0. The van der Waals surface area contributed by atoms with E-state index in [0.717, 1.165) is 17.5 Å². The van der Waals surface area contributed by atoms with Crippen LogP contribution in [0.3, 0.4) is 0 Å². The Morgan fingerprint density at radius 3 is 2.59 bits per heavy atom. The molecule has 1 aliphatic heterocycles. The molecule has 2 rings (SSSR count). The lowest BCUT2D eigenvalue weighted by Crippen LogP contribution is -2.25. The van der Waals surface area contributed by atoms with Gasteiger partial charge in [0.2, 0.25) is 5.91 Å². The first-order valence-corrected chi connectivity index (χ1v) is 9.24. The van der Waals surface area contributed by atoms with Gasteiger partial charge in [0, 0.05) is 24.6 Å². The summed E-state index contributed by atoms with van der Waals surface area (Å²) in [7, 11) is -3.46. The molecular weight excluding hydrogens is 302 g/mol. The Morgan fingerprint density at radius 2 is 2.05 bits per heavy atom. The fraction of sp³-hybridized carbons (Fsp3) is 0.562. The van der Waals surface area contributed by atoms with Crippen LogP contribution in [0.15, 0.2) is 18.2 Å². The lowest BCUT2D eigenvalue weighted by atomic mass is 9.97. The minimum atomic E-state index is -3.46. The van der Waals surface area contributed by atoms with Gasteiger partial charge < -0.3 is 4.90 Å². The molecule has 0 aliphatic carbocycles. The number of benzene rings is 1. The molecule has 0 unspecified atom stereocenters. The largest absolute Gasteiger partial charge is 0.312 e. The van der Waals surface area contributed by atoms with Crippen molar-refractivity contribution in [2.24, 2.45) is 5.92 Å². The summed E-state index contributed by atoms with van der Waals surface area (Å²) in [4.78, 5) is 13.9. The van der Waals surface area contributed by atoms with Crippen LogP contribution in [-0.4, -0.2) is 33.7 Å². The quantitative estimate of drug-likeness (QED) is 0.780. The fourth-order valence-corrected chi connectivity index (χ4v) is 3.28. The monoisotopic (exact) mass is 325 g/mol. The Kier molecular flexibility index (Phi) is 4.92. The molecule has 1 heterocycles. The van der Waals surface area contributed by atoms with Gasteiger partial charge in [0.05, 0.1) is 12.9 Å². The Balaban J connectivity index is 2.10. The number of nitrogens with zero attached hydrogens (tertiary/aromatic N) is 1. The number of amides is 1. The summed E-state index contributed by atoms with van der Waals surface area (Å²) in [6, 6.07) is 6.04. The zero-order valence-electron chi connectivity index (χ0n) is 13.5. The molecule has 6 heteroatoms. The highest BCUT2D eigenvalue weighted by molar-refractivity contribution is 7.85. The van der Waals surface area contributed by atoms with E-state index in [1.807, 2.05) is 19.1 Å². The standard InChI is InChI=1S/C16H23NO4S/c1-11(2)15-6-5-14(7-12(15)3)17-9-13(8-16(17)18)10-21-22(4,19)20/h5-7,11,13H,8-10H2,1-4H3/t13-/m0/s1. The predicted octanol–water partition coefficient (Wildman–Crippen LogP) is 2.45. The smallest absolute Gasteiger partial charge is 0.264 e. The van der Waals surface area contributed by atoms with Crippen LogP contribution in [0.4, 0.5) is 5.69 Å². The van der Waals surface area contributed by atoms with Gasteiger partial charge in [-0.1, -0.05) is 19.9 Å². The zero-order valence-corrected chi connectivity index (χ0v) is 14.3. The summed E-state index contributed by atoms with van der Waals surface area (Å²) in [6.07, 6.45) is 1.34. The summed E-state index contributed by atoms with van der Waals surface area (Å²) >= 11 is 0. The highest BCUT2D eigenvalue weighted by Crippen LogP contribution is 2.29. The maximum absolute atomic E-state index is 12.2. The third kappa shape index (κ3) is 4.08. The van der Waals surface area contributed by atoms with Crippen molar-refractivity contribution in [1.82, 2.24) is 0 Å². The van der Waals surface area contributed by atoms with Crippen LogP contribution in [0, 0.1) is 12.8 Å². The molecule has 0 radical (unpaired) electrons. The number of anilines is 1. The van der Waals surface area contributed by atoms with Gasteiger partial charge in [0.15, 0.2) is 0 Å². The molecule has 0 spiro atoms. The molecule has 5 nitrogen and oxygen atoms in total. The molecular formula is C16H23NO4S. The van der Waals surface area contributed by atoms with Crippen molar-refractivity contribution >= 4 is 21.7 Å². The van der Waals surface area contributed by atoms with E-state index in [1.165, 1.54) is 5.56 Å². The first-order chi connectivity index (χ1) is 10.2. The van der Waals surface area contributed by atoms with E-state index in [4.69, 9.17) is 4.18 Å². The second-order valence-electron chi connectivity index (χ2n) is 6.26. The Bertz CT molecular complexity index is 667. The van der Waals surface area contributed by atoms with E-state index >= 15 is 0 Å². The number of hydrogen-bond donors (Lipinski definition) is 0. The predicted molar refractivity (Wildman–Crippen MR) is 86.5 cm³/mol. The van der Waals surface area contributed by atoms with E-state index in [1.54, 1.807) is 4.90 Å². The third-order valence-electron chi connectivity index (χ3n) is 3.91. The second kappa shape index (κ2) is 6.38. The second-order valence-corrected chi connectivity index (χ2v) is 7.90. The molecule has 1 saturated heterocycles. The van der Waals surface area contributed by atoms with Crippen LogP contribution >= 0.6 is 0 Å². The van der Waals surface area contributed by atoms with Crippen molar-refractivity contribution in [1.29, 1.82) is 0 Å². The summed E-state index contributed by atoms with van der Waals surface area (Å²) in [5.41, 5.74) is 3.30. The van der Waals surface area contributed by atoms with E-state index in [9.17, 15) is 13.2 Å². The Hall–Kier alpha value is -1.40. The van der Waals surface area contributed by atoms with Crippen LogP contribution < -0.4 is 4.90 Å². The van der Waals surface area contributed by atoms with Gasteiger partial charge in [-0.25, -0.2) is 0 Å². The van der Waals surface area contributed by atoms with Crippen molar-refractivity contribution in [2.45, 2.75) is 33.1 Å². The molecule has 1 fully saturated rings. The van der Waals surface area contributed by atoms with Gasteiger partial charge in [0.1, 0.15) is 0 Å². The van der Waals surface area contributed by atoms with Crippen molar-refractivity contribution in [3.05, 3.63) is 29.3 Å². The lowest BCUT2D eigenvalue weighted by molar-refractivity contribution is -0.117. The molecule has 1 aromatic carbocycles. The van der Waals surface area contributed by atoms with Gasteiger partial charge >= 0.3 is 0 Å². The van der Waals surface area contributed by atoms with Crippen LogP contribution in [0.5, 0.6) is 0 Å².